The zero-order valence-electron chi connectivity index (χ0n) is 19.4. The van der Waals surface area contributed by atoms with E-state index in [1.54, 1.807) is 18.3 Å². The Kier molecular flexibility index (Phi) is 5.96. The van der Waals surface area contributed by atoms with Crippen LogP contribution in [0.1, 0.15) is 48.3 Å². The number of nitrogens with one attached hydrogen (secondary N) is 2. The van der Waals surface area contributed by atoms with Crippen molar-refractivity contribution in [3.05, 3.63) is 71.4 Å². The Labute approximate surface area is 192 Å². The molecule has 2 heterocycles. The second kappa shape index (κ2) is 8.86. The van der Waals surface area contributed by atoms with Crippen LogP contribution < -0.4 is 10.6 Å². The molecule has 0 aliphatic carbocycles. The molecule has 0 saturated carbocycles. The Morgan fingerprint density at radius 3 is 2.27 bits per heavy atom. The zero-order valence-corrected chi connectivity index (χ0v) is 19.4. The van der Waals surface area contributed by atoms with Gasteiger partial charge in [-0.3, -0.25) is 9.59 Å². The summed E-state index contributed by atoms with van der Waals surface area (Å²) in [4.78, 5) is 30.0. The molecule has 168 valence electrons. The number of carbonyl (C=O) groups excluding carboxylic acids is 2. The van der Waals surface area contributed by atoms with Gasteiger partial charge in [-0.15, -0.1) is 0 Å². The van der Waals surface area contributed by atoms with E-state index in [9.17, 15) is 9.59 Å². The summed E-state index contributed by atoms with van der Waals surface area (Å²) in [6, 6.07) is 15.4. The van der Waals surface area contributed by atoms with Gasteiger partial charge in [0.15, 0.2) is 5.65 Å². The van der Waals surface area contributed by atoms with Crippen molar-refractivity contribution in [1.29, 1.82) is 0 Å². The van der Waals surface area contributed by atoms with E-state index in [4.69, 9.17) is 4.98 Å². The highest BCUT2D eigenvalue weighted by atomic mass is 16.2. The van der Waals surface area contributed by atoms with Crippen molar-refractivity contribution < 1.29 is 9.59 Å². The van der Waals surface area contributed by atoms with Gasteiger partial charge in [0, 0.05) is 18.5 Å². The predicted octanol–water partition coefficient (Wildman–Crippen LogP) is 5.51. The highest BCUT2D eigenvalue weighted by molar-refractivity contribution is 6.14. The van der Waals surface area contributed by atoms with E-state index < -0.39 is 0 Å². The Morgan fingerprint density at radius 1 is 0.909 bits per heavy atom. The molecule has 33 heavy (non-hydrogen) atoms. The van der Waals surface area contributed by atoms with Crippen LogP contribution in [0.4, 0.5) is 11.4 Å². The summed E-state index contributed by atoms with van der Waals surface area (Å²) in [5.41, 5.74) is 5.93. The van der Waals surface area contributed by atoms with Crippen LogP contribution in [0.2, 0.25) is 0 Å². The van der Waals surface area contributed by atoms with Crippen LogP contribution in [0.15, 0.2) is 54.7 Å². The minimum absolute atomic E-state index is 0.0855. The lowest BCUT2D eigenvalue weighted by molar-refractivity contribution is -0.114. The maximum absolute atomic E-state index is 13.5. The van der Waals surface area contributed by atoms with Crippen LogP contribution in [0.25, 0.3) is 22.3 Å². The molecule has 0 spiro atoms. The number of nitrogens with zero attached hydrogens (tertiary/aromatic N) is 3. The average molecular weight is 442 g/mol. The van der Waals surface area contributed by atoms with E-state index in [0.717, 1.165) is 16.7 Å². The van der Waals surface area contributed by atoms with Gasteiger partial charge in [-0.05, 0) is 51.5 Å². The molecule has 2 amide bonds. The molecule has 4 aromatic rings. The first-order valence-corrected chi connectivity index (χ1v) is 10.9. The molecule has 0 bridgehead atoms. The highest BCUT2D eigenvalue weighted by Crippen LogP contribution is 2.29. The molecular weight excluding hydrogens is 414 g/mol. The molecule has 2 aromatic heterocycles. The molecule has 2 N–H and O–H groups in total. The number of rotatable bonds is 5. The third kappa shape index (κ3) is 4.62. The van der Waals surface area contributed by atoms with Crippen LogP contribution in [0, 0.1) is 13.8 Å². The van der Waals surface area contributed by atoms with Crippen molar-refractivity contribution >= 4 is 34.2 Å². The molecule has 0 saturated heterocycles. The molecule has 0 atom stereocenters. The summed E-state index contributed by atoms with van der Waals surface area (Å²) in [7, 11) is 0. The minimum atomic E-state index is -0.295. The number of aryl methyl sites for hydroxylation is 2. The molecule has 0 aliphatic heterocycles. The lowest BCUT2D eigenvalue weighted by Gasteiger charge is -2.14. The fraction of sp³-hybridized carbons (Fsp3) is 0.231. The van der Waals surface area contributed by atoms with Crippen LogP contribution in [0.3, 0.4) is 0 Å². The van der Waals surface area contributed by atoms with E-state index in [0.29, 0.717) is 33.7 Å². The van der Waals surface area contributed by atoms with E-state index in [1.165, 1.54) is 6.92 Å². The standard InChI is InChI=1S/C26H27N5O2/c1-15(2)31-25-21(14-27-31)20(13-23(29-25)19-9-6-16(3)7-10-19)26(33)30-24-12-17(4)8-11-22(24)28-18(5)32/h6-15H,1-5H3,(H,28,32)(H,30,33). The SMILES string of the molecule is CC(=O)Nc1ccc(C)cc1NC(=O)c1cc(-c2ccc(C)cc2)nc2c1cnn2C(C)C. The number of amides is 2. The highest BCUT2D eigenvalue weighted by Gasteiger charge is 2.20. The lowest BCUT2D eigenvalue weighted by atomic mass is 10.0. The van der Waals surface area contributed by atoms with E-state index in [1.807, 2.05) is 68.8 Å². The van der Waals surface area contributed by atoms with Crippen molar-refractivity contribution in [2.75, 3.05) is 10.6 Å². The zero-order chi connectivity index (χ0) is 23.7. The van der Waals surface area contributed by atoms with Gasteiger partial charge < -0.3 is 10.6 Å². The van der Waals surface area contributed by atoms with Gasteiger partial charge in [0.25, 0.3) is 5.91 Å². The van der Waals surface area contributed by atoms with Crippen molar-refractivity contribution in [3.8, 4) is 11.3 Å². The van der Waals surface area contributed by atoms with Gasteiger partial charge in [-0.25, -0.2) is 9.67 Å². The second-order valence-electron chi connectivity index (χ2n) is 8.53. The van der Waals surface area contributed by atoms with Crippen molar-refractivity contribution in [2.24, 2.45) is 0 Å². The molecule has 0 radical (unpaired) electrons. The molecule has 2 aromatic carbocycles. The van der Waals surface area contributed by atoms with Gasteiger partial charge >= 0.3 is 0 Å². The Bertz CT molecular complexity index is 1350. The lowest BCUT2D eigenvalue weighted by Crippen LogP contribution is -2.16. The third-order valence-electron chi connectivity index (χ3n) is 5.38. The van der Waals surface area contributed by atoms with Crippen LogP contribution in [0.5, 0.6) is 0 Å². The fourth-order valence-electron chi connectivity index (χ4n) is 3.71. The van der Waals surface area contributed by atoms with Crippen LogP contribution in [-0.2, 0) is 4.79 Å². The first-order chi connectivity index (χ1) is 15.7. The minimum Gasteiger partial charge on any atom is -0.325 e. The molecular formula is C26H27N5O2. The van der Waals surface area contributed by atoms with E-state index in [2.05, 4.69) is 15.7 Å². The largest absolute Gasteiger partial charge is 0.325 e. The smallest absolute Gasteiger partial charge is 0.256 e. The van der Waals surface area contributed by atoms with Crippen LogP contribution in [-0.4, -0.2) is 26.6 Å². The third-order valence-corrected chi connectivity index (χ3v) is 5.38. The molecule has 0 unspecified atom stereocenters. The monoisotopic (exact) mass is 441 g/mol. The number of aromatic nitrogens is 3. The number of anilines is 2. The van der Waals surface area contributed by atoms with E-state index >= 15 is 0 Å². The maximum atomic E-state index is 13.5. The number of pyridine rings is 1. The Balaban J connectivity index is 1.83. The van der Waals surface area contributed by atoms with Gasteiger partial charge in [0.2, 0.25) is 5.91 Å². The predicted molar refractivity (Wildman–Crippen MR) is 132 cm³/mol. The normalized spacial score (nSPS) is 11.1. The Hall–Kier alpha value is -4.00. The summed E-state index contributed by atoms with van der Waals surface area (Å²) in [5, 5.41) is 10.9. The summed E-state index contributed by atoms with van der Waals surface area (Å²) in [5.74, 6) is -0.503. The number of benzene rings is 2. The first kappa shape index (κ1) is 22.2. The second-order valence-corrected chi connectivity index (χ2v) is 8.53. The summed E-state index contributed by atoms with van der Waals surface area (Å²) < 4.78 is 1.82. The maximum Gasteiger partial charge on any atom is 0.256 e. The molecule has 0 fully saturated rings. The number of fused-ring (bicyclic) bond motifs is 1. The fourth-order valence-corrected chi connectivity index (χ4v) is 3.71. The molecule has 4 rings (SSSR count). The molecule has 0 aliphatic rings. The number of carbonyl (C=O) groups is 2. The Morgan fingerprint density at radius 2 is 1.61 bits per heavy atom. The van der Waals surface area contributed by atoms with Crippen molar-refractivity contribution in [1.82, 2.24) is 14.8 Å². The van der Waals surface area contributed by atoms with Gasteiger partial charge in [-0.1, -0.05) is 35.9 Å². The average Bonchev–Trinajstić information content (AvgIpc) is 3.19. The van der Waals surface area contributed by atoms with Gasteiger partial charge in [0.1, 0.15) is 0 Å². The summed E-state index contributed by atoms with van der Waals surface area (Å²) >= 11 is 0. The van der Waals surface area contributed by atoms with Gasteiger partial charge in [-0.2, -0.15) is 5.10 Å². The van der Waals surface area contributed by atoms with Crippen molar-refractivity contribution in [3.63, 3.8) is 0 Å². The van der Waals surface area contributed by atoms with Gasteiger partial charge in [0.05, 0.1) is 34.2 Å². The van der Waals surface area contributed by atoms with E-state index in [-0.39, 0.29) is 17.9 Å². The topological polar surface area (TPSA) is 88.9 Å². The quantitative estimate of drug-likeness (QED) is 0.428. The van der Waals surface area contributed by atoms with Crippen molar-refractivity contribution in [2.45, 2.75) is 40.7 Å². The first-order valence-electron chi connectivity index (χ1n) is 10.9. The summed E-state index contributed by atoms with van der Waals surface area (Å²) in [6.45, 7) is 9.45. The summed E-state index contributed by atoms with van der Waals surface area (Å²) in [6.07, 6.45) is 1.68. The number of hydrogen-bond donors (Lipinski definition) is 2. The molecule has 7 nitrogen and oxygen atoms in total. The van der Waals surface area contributed by atoms with Crippen LogP contribution >= 0.6 is 0 Å². The molecule has 7 heteroatoms. The number of hydrogen-bond acceptors (Lipinski definition) is 4.